The van der Waals surface area contributed by atoms with Crippen molar-refractivity contribution in [3.8, 4) is 0 Å². The summed E-state index contributed by atoms with van der Waals surface area (Å²) in [6, 6.07) is 12.2. The fourth-order valence-corrected chi connectivity index (χ4v) is 3.94. The van der Waals surface area contributed by atoms with E-state index in [4.69, 9.17) is 15.9 Å². The Morgan fingerprint density at radius 2 is 1.82 bits per heavy atom. The predicted molar refractivity (Wildman–Crippen MR) is 151 cm³/mol. The summed E-state index contributed by atoms with van der Waals surface area (Å²) in [6.45, 7) is 5.73. The molecule has 204 valence electrons. The summed E-state index contributed by atoms with van der Waals surface area (Å²) < 4.78 is 5.09. The smallest absolute Gasteiger partial charge is 0.338 e. The summed E-state index contributed by atoms with van der Waals surface area (Å²) in [5.41, 5.74) is 8.50. The third kappa shape index (κ3) is 7.72. The number of fused-ring (bicyclic) bond motifs is 1. The number of para-hydroxylation sites is 1. The lowest BCUT2D eigenvalue weighted by atomic mass is 10.0. The highest BCUT2D eigenvalue weighted by Gasteiger charge is 2.33. The number of rotatable bonds is 12. The average molecular weight is 543 g/mol. The quantitative estimate of drug-likeness (QED) is 0.0892. The molecule has 1 heterocycles. The molecule has 3 aromatic rings. The van der Waals surface area contributed by atoms with E-state index in [-0.39, 0.29) is 36.7 Å². The average Bonchev–Trinajstić information content (AvgIpc) is 3.28. The SMILES string of the molecule is CCOC(=O)C(Nc1cccc(C(=N)N)c1)C(=O)NC(C(=O)NCCc1c[nH]c2ccccc12)C(C)C.Cl. The number of halogens is 1. The van der Waals surface area contributed by atoms with Gasteiger partial charge in [-0.3, -0.25) is 15.0 Å². The molecule has 7 N–H and O–H groups in total. The number of benzene rings is 2. The van der Waals surface area contributed by atoms with Crippen molar-refractivity contribution in [1.82, 2.24) is 15.6 Å². The van der Waals surface area contributed by atoms with Crippen molar-refractivity contribution in [2.75, 3.05) is 18.5 Å². The number of carbonyl (C=O) groups is 3. The number of amidine groups is 1. The standard InChI is InChI=1S/C27H34N6O4.ClH/c1-4-37-27(36)23(32-19-9-7-8-17(14-19)24(28)29)26(35)33-22(16(2)3)25(34)30-13-12-18-15-31-21-11-6-5-10-20(18)21;/h5-11,14-16,22-23,31-32H,4,12-13H2,1-3H3,(H3,28,29)(H,30,34)(H,33,35);1H. The van der Waals surface area contributed by atoms with Gasteiger partial charge < -0.3 is 31.4 Å². The number of nitrogens with two attached hydrogens (primary N) is 1. The van der Waals surface area contributed by atoms with E-state index in [0.717, 1.165) is 16.5 Å². The first-order chi connectivity index (χ1) is 17.7. The molecule has 0 aliphatic carbocycles. The van der Waals surface area contributed by atoms with E-state index in [1.54, 1.807) is 31.2 Å². The van der Waals surface area contributed by atoms with Crippen LogP contribution in [-0.4, -0.2) is 53.8 Å². The van der Waals surface area contributed by atoms with Crippen molar-refractivity contribution in [1.29, 1.82) is 5.41 Å². The van der Waals surface area contributed by atoms with Crippen LogP contribution in [0.1, 0.15) is 31.9 Å². The summed E-state index contributed by atoms with van der Waals surface area (Å²) in [7, 11) is 0. The highest BCUT2D eigenvalue weighted by molar-refractivity contribution is 6.06. The summed E-state index contributed by atoms with van der Waals surface area (Å²) >= 11 is 0. The Kier molecular flexibility index (Phi) is 11.1. The highest BCUT2D eigenvalue weighted by atomic mass is 35.5. The monoisotopic (exact) mass is 542 g/mol. The number of esters is 1. The molecule has 0 saturated heterocycles. The number of hydrogen-bond donors (Lipinski definition) is 6. The third-order valence-corrected chi connectivity index (χ3v) is 5.88. The van der Waals surface area contributed by atoms with E-state index in [1.165, 1.54) is 0 Å². The van der Waals surface area contributed by atoms with Gasteiger partial charge in [0, 0.05) is 34.9 Å². The van der Waals surface area contributed by atoms with Gasteiger partial charge in [-0.15, -0.1) is 12.4 Å². The number of nitrogens with one attached hydrogen (secondary N) is 5. The van der Waals surface area contributed by atoms with Crippen LogP contribution in [0.2, 0.25) is 0 Å². The van der Waals surface area contributed by atoms with Gasteiger partial charge in [-0.2, -0.15) is 0 Å². The van der Waals surface area contributed by atoms with Crippen LogP contribution in [-0.2, 0) is 25.5 Å². The van der Waals surface area contributed by atoms with E-state index in [2.05, 4.69) is 20.9 Å². The van der Waals surface area contributed by atoms with Gasteiger partial charge in [0.1, 0.15) is 11.9 Å². The number of anilines is 1. The molecule has 3 rings (SSSR count). The number of aromatic amines is 1. The summed E-state index contributed by atoms with van der Waals surface area (Å²) in [6.07, 6.45) is 2.54. The molecule has 0 bridgehead atoms. The van der Waals surface area contributed by atoms with Gasteiger partial charge in [0.2, 0.25) is 11.9 Å². The molecule has 0 spiro atoms. The molecule has 0 fully saturated rings. The van der Waals surface area contributed by atoms with E-state index >= 15 is 0 Å². The Hall–Kier alpha value is -4.05. The van der Waals surface area contributed by atoms with Crippen molar-refractivity contribution in [3.05, 3.63) is 65.9 Å². The van der Waals surface area contributed by atoms with Gasteiger partial charge in [-0.1, -0.05) is 44.2 Å². The van der Waals surface area contributed by atoms with Crippen LogP contribution in [0.3, 0.4) is 0 Å². The molecule has 38 heavy (non-hydrogen) atoms. The lowest BCUT2D eigenvalue weighted by Gasteiger charge is -2.25. The highest BCUT2D eigenvalue weighted by Crippen LogP contribution is 2.18. The van der Waals surface area contributed by atoms with Crippen LogP contribution in [0.15, 0.2) is 54.7 Å². The Labute approximate surface area is 228 Å². The number of nitrogen functional groups attached to an aromatic ring is 1. The normalized spacial score (nSPS) is 12.2. The Morgan fingerprint density at radius 1 is 1.08 bits per heavy atom. The Balaban J connectivity index is 0.00000507. The molecule has 10 nitrogen and oxygen atoms in total. The minimum Gasteiger partial charge on any atom is -0.464 e. The molecule has 1 aromatic heterocycles. The summed E-state index contributed by atoms with van der Waals surface area (Å²) in [4.78, 5) is 42.0. The number of amides is 2. The van der Waals surface area contributed by atoms with Crippen molar-refractivity contribution >= 4 is 52.6 Å². The minimum absolute atomic E-state index is 0. The van der Waals surface area contributed by atoms with Gasteiger partial charge in [0.05, 0.1) is 6.61 Å². The molecule has 2 aromatic carbocycles. The molecule has 0 saturated carbocycles. The first kappa shape index (κ1) is 30.2. The number of hydrogen-bond acceptors (Lipinski definition) is 6. The van der Waals surface area contributed by atoms with Gasteiger partial charge in [0.15, 0.2) is 0 Å². The van der Waals surface area contributed by atoms with Crippen LogP contribution in [0.5, 0.6) is 0 Å². The fourth-order valence-electron chi connectivity index (χ4n) is 3.94. The van der Waals surface area contributed by atoms with Crippen LogP contribution in [0, 0.1) is 11.3 Å². The van der Waals surface area contributed by atoms with Crippen LogP contribution in [0.4, 0.5) is 5.69 Å². The van der Waals surface area contributed by atoms with Crippen LogP contribution in [0.25, 0.3) is 10.9 Å². The maximum absolute atomic E-state index is 13.2. The molecule has 2 atom stereocenters. The largest absolute Gasteiger partial charge is 0.464 e. The predicted octanol–water partition coefficient (Wildman–Crippen LogP) is 2.72. The van der Waals surface area contributed by atoms with E-state index in [1.807, 2.05) is 44.3 Å². The van der Waals surface area contributed by atoms with E-state index in [9.17, 15) is 14.4 Å². The number of carbonyl (C=O) groups excluding carboxylic acids is 3. The molecule has 2 unspecified atom stereocenters. The summed E-state index contributed by atoms with van der Waals surface area (Å²) in [5, 5.41) is 17.1. The van der Waals surface area contributed by atoms with Crippen molar-refractivity contribution in [2.45, 2.75) is 39.3 Å². The lowest BCUT2D eigenvalue weighted by Crippen LogP contribution is -2.55. The molecule has 2 amide bonds. The van der Waals surface area contributed by atoms with Crippen molar-refractivity contribution in [2.24, 2.45) is 11.7 Å². The molecule has 0 radical (unpaired) electrons. The van der Waals surface area contributed by atoms with Gasteiger partial charge in [-0.05, 0) is 43.0 Å². The summed E-state index contributed by atoms with van der Waals surface area (Å²) in [5.74, 6) is -2.21. The number of aromatic nitrogens is 1. The zero-order chi connectivity index (χ0) is 26.9. The first-order valence-corrected chi connectivity index (χ1v) is 12.2. The van der Waals surface area contributed by atoms with E-state index < -0.39 is 24.0 Å². The molecular formula is C27H35ClN6O4. The minimum atomic E-state index is -1.40. The number of ether oxygens (including phenoxy) is 1. The lowest BCUT2D eigenvalue weighted by molar-refractivity contribution is -0.148. The number of H-pyrrole nitrogens is 1. The molecule has 11 heteroatoms. The van der Waals surface area contributed by atoms with Gasteiger partial charge in [-0.25, -0.2) is 4.79 Å². The molecular weight excluding hydrogens is 508 g/mol. The van der Waals surface area contributed by atoms with Crippen molar-refractivity contribution < 1.29 is 19.1 Å². The fraction of sp³-hybridized carbons (Fsp3) is 0.333. The Morgan fingerprint density at radius 3 is 2.50 bits per heavy atom. The van der Waals surface area contributed by atoms with Gasteiger partial charge >= 0.3 is 5.97 Å². The van der Waals surface area contributed by atoms with Gasteiger partial charge in [0.25, 0.3) is 5.91 Å². The molecule has 0 aliphatic heterocycles. The second-order valence-corrected chi connectivity index (χ2v) is 8.95. The second kappa shape index (κ2) is 14.0. The topological polar surface area (TPSA) is 162 Å². The third-order valence-electron chi connectivity index (χ3n) is 5.88. The zero-order valence-electron chi connectivity index (χ0n) is 21.7. The zero-order valence-corrected chi connectivity index (χ0v) is 22.5. The molecule has 0 aliphatic rings. The maximum Gasteiger partial charge on any atom is 0.338 e. The Bertz CT molecular complexity index is 1280. The first-order valence-electron chi connectivity index (χ1n) is 12.2. The maximum atomic E-state index is 13.2. The van der Waals surface area contributed by atoms with E-state index in [0.29, 0.717) is 24.2 Å². The van der Waals surface area contributed by atoms with Crippen molar-refractivity contribution in [3.63, 3.8) is 0 Å². The second-order valence-electron chi connectivity index (χ2n) is 8.95. The van der Waals surface area contributed by atoms with Crippen LogP contribution < -0.4 is 21.7 Å². The van der Waals surface area contributed by atoms with Crippen LogP contribution >= 0.6 is 12.4 Å².